The summed E-state index contributed by atoms with van der Waals surface area (Å²) >= 11 is 0. The SMILES string of the molecule is CCOC(=O)c1cc2oc(/C=C3/N=C(c4ccccc4)OC3=O)cc2n1Cc1ccccc1. The van der Waals surface area contributed by atoms with Gasteiger partial charge in [-0.2, -0.15) is 0 Å². The molecule has 33 heavy (non-hydrogen) atoms. The molecule has 2 aromatic heterocycles. The molecule has 0 spiro atoms. The molecule has 0 N–H and O–H groups in total. The number of fused-ring (bicyclic) bond motifs is 1. The average Bonchev–Trinajstić information content (AvgIpc) is 3.49. The number of furan rings is 1. The Labute approximate surface area is 189 Å². The number of cyclic esters (lactones) is 1. The number of hydrogen-bond donors (Lipinski definition) is 0. The van der Waals surface area contributed by atoms with Gasteiger partial charge in [0.05, 0.1) is 12.1 Å². The van der Waals surface area contributed by atoms with Crippen LogP contribution in [0.5, 0.6) is 0 Å². The van der Waals surface area contributed by atoms with Gasteiger partial charge in [-0.15, -0.1) is 0 Å². The maximum atomic E-state index is 12.5. The predicted octanol–water partition coefficient (Wildman–Crippen LogP) is 4.80. The van der Waals surface area contributed by atoms with Crippen molar-refractivity contribution in [2.45, 2.75) is 13.5 Å². The van der Waals surface area contributed by atoms with Gasteiger partial charge < -0.3 is 18.5 Å². The normalized spacial score (nSPS) is 14.5. The third-order valence-corrected chi connectivity index (χ3v) is 5.20. The molecule has 0 fully saturated rings. The molecule has 7 nitrogen and oxygen atoms in total. The zero-order valence-electron chi connectivity index (χ0n) is 17.9. The minimum Gasteiger partial charge on any atom is -0.461 e. The first-order chi connectivity index (χ1) is 16.1. The van der Waals surface area contributed by atoms with E-state index in [0.29, 0.717) is 34.7 Å². The van der Waals surface area contributed by atoms with E-state index < -0.39 is 11.9 Å². The van der Waals surface area contributed by atoms with E-state index in [4.69, 9.17) is 13.9 Å². The molecule has 0 aliphatic carbocycles. The third-order valence-electron chi connectivity index (χ3n) is 5.20. The Morgan fingerprint density at radius 1 is 1.06 bits per heavy atom. The Morgan fingerprint density at radius 3 is 2.52 bits per heavy atom. The number of benzene rings is 2. The quantitative estimate of drug-likeness (QED) is 0.318. The highest BCUT2D eigenvalue weighted by Gasteiger charge is 2.25. The lowest BCUT2D eigenvalue weighted by Crippen LogP contribution is -2.12. The van der Waals surface area contributed by atoms with Crippen LogP contribution in [0.2, 0.25) is 0 Å². The minimum absolute atomic E-state index is 0.144. The number of rotatable bonds is 6. The van der Waals surface area contributed by atoms with E-state index in [9.17, 15) is 9.59 Å². The first-order valence-electron chi connectivity index (χ1n) is 10.5. The zero-order valence-corrected chi connectivity index (χ0v) is 17.9. The number of carbonyl (C=O) groups is 2. The second-order valence-corrected chi connectivity index (χ2v) is 7.42. The average molecular weight is 440 g/mol. The molecule has 4 aromatic rings. The van der Waals surface area contributed by atoms with Crippen LogP contribution in [0.4, 0.5) is 0 Å². The van der Waals surface area contributed by atoms with Gasteiger partial charge in [0.15, 0.2) is 11.3 Å². The second kappa shape index (κ2) is 8.63. The fraction of sp³-hybridized carbons (Fsp3) is 0.115. The summed E-state index contributed by atoms with van der Waals surface area (Å²) in [7, 11) is 0. The van der Waals surface area contributed by atoms with Crippen LogP contribution < -0.4 is 0 Å². The van der Waals surface area contributed by atoms with Crippen molar-refractivity contribution in [2.75, 3.05) is 6.61 Å². The summed E-state index contributed by atoms with van der Waals surface area (Å²) in [5.41, 5.74) is 3.51. The van der Waals surface area contributed by atoms with Crippen LogP contribution in [0.15, 0.2) is 87.9 Å². The van der Waals surface area contributed by atoms with Crippen LogP contribution in [0, 0.1) is 0 Å². The third kappa shape index (κ3) is 4.08. The molecular formula is C26H20N2O5. The van der Waals surface area contributed by atoms with Gasteiger partial charge in [-0.3, -0.25) is 0 Å². The summed E-state index contributed by atoms with van der Waals surface area (Å²) in [6.07, 6.45) is 1.54. The van der Waals surface area contributed by atoms with Crippen LogP contribution in [0.25, 0.3) is 17.2 Å². The number of ether oxygens (including phenoxy) is 2. The maximum Gasteiger partial charge on any atom is 0.363 e. The van der Waals surface area contributed by atoms with Crippen LogP contribution in [-0.4, -0.2) is 29.0 Å². The standard InChI is InChI=1S/C26H20N2O5/c1-2-31-26(30)22-15-23-21(28(22)16-17-9-5-3-6-10-17)14-19(32-23)13-20-25(29)33-24(27-20)18-11-7-4-8-12-18/h3-15H,2,16H2,1H3/b20-13+. The van der Waals surface area contributed by atoms with Crippen molar-refractivity contribution in [1.29, 1.82) is 0 Å². The number of hydrogen-bond acceptors (Lipinski definition) is 6. The Morgan fingerprint density at radius 2 is 1.79 bits per heavy atom. The van der Waals surface area contributed by atoms with Crippen LogP contribution in [0.3, 0.4) is 0 Å². The van der Waals surface area contributed by atoms with Gasteiger partial charge in [-0.05, 0) is 24.6 Å². The van der Waals surface area contributed by atoms with Gasteiger partial charge >= 0.3 is 11.9 Å². The molecule has 0 unspecified atom stereocenters. The molecule has 3 heterocycles. The lowest BCUT2D eigenvalue weighted by atomic mass is 10.2. The molecule has 5 rings (SSSR count). The van der Waals surface area contributed by atoms with Crippen molar-refractivity contribution in [3.63, 3.8) is 0 Å². The van der Waals surface area contributed by atoms with Gasteiger partial charge in [-0.25, -0.2) is 14.6 Å². The molecule has 0 saturated carbocycles. The highest BCUT2D eigenvalue weighted by molar-refractivity contribution is 6.12. The van der Waals surface area contributed by atoms with Crippen molar-refractivity contribution in [3.05, 3.63) is 101 Å². The molecule has 0 amide bonds. The van der Waals surface area contributed by atoms with Gasteiger partial charge in [0.2, 0.25) is 5.90 Å². The Hall–Kier alpha value is -4.39. The summed E-state index contributed by atoms with van der Waals surface area (Å²) in [6, 6.07) is 22.4. The number of esters is 2. The summed E-state index contributed by atoms with van der Waals surface area (Å²) in [6.45, 7) is 2.51. The topological polar surface area (TPSA) is 83.0 Å². The van der Waals surface area contributed by atoms with Crippen molar-refractivity contribution in [3.8, 4) is 0 Å². The molecular weight excluding hydrogens is 420 g/mol. The highest BCUT2D eigenvalue weighted by atomic mass is 16.6. The van der Waals surface area contributed by atoms with Gasteiger partial charge in [0.1, 0.15) is 11.5 Å². The molecule has 0 bridgehead atoms. The highest BCUT2D eigenvalue weighted by Crippen LogP contribution is 2.28. The predicted molar refractivity (Wildman–Crippen MR) is 123 cm³/mol. The van der Waals surface area contributed by atoms with Gasteiger partial charge in [-0.1, -0.05) is 48.5 Å². The van der Waals surface area contributed by atoms with Crippen molar-refractivity contribution in [1.82, 2.24) is 4.57 Å². The number of aromatic nitrogens is 1. The first-order valence-corrected chi connectivity index (χ1v) is 10.5. The van der Waals surface area contributed by atoms with Crippen molar-refractivity contribution >= 4 is 35.0 Å². The molecule has 7 heteroatoms. The van der Waals surface area contributed by atoms with Crippen molar-refractivity contribution < 1.29 is 23.5 Å². The molecule has 0 radical (unpaired) electrons. The molecule has 164 valence electrons. The van der Waals surface area contributed by atoms with Gasteiger partial charge in [0, 0.05) is 30.3 Å². The smallest absolute Gasteiger partial charge is 0.363 e. The maximum absolute atomic E-state index is 12.5. The van der Waals surface area contributed by atoms with E-state index in [0.717, 1.165) is 5.56 Å². The number of aliphatic imine (C=N–C) groups is 1. The zero-order chi connectivity index (χ0) is 22.8. The summed E-state index contributed by atoms with van der Waals surface area (Å²) in [5.74, 6) is -0.283. The summed E-state index contributed by atoms with van der Waals surface area (Å²) < 4.78 is 18.3. The fourth-order valence-electron chi connectivity index (χ4n) is 3.69. The number of nitrogens with zero attached hydrogens (tertiary/aromatic N) is 2. The second-order valence-electron chi connectivity index (χ2n) is 7.42. The van der Waals surface area contributed by atoms with E-state index in [2.05, 4.69) is 4.99 Å². The number of carbonyl (C=O) groups excluding carboxylic acids is 2. The lowest BCUT2D eigenvalue weighted by molar-refractivity contribution is -0.129. The van der Waals surface area contributed by atoms with Crippen molar-refractivity contribution in [2.24, 2.45) is 4.99 Å². The molecule has 2 aromatic carbocycles. The minimum atomic E-state index is -0.547. The Balaban J connectivity index is 1.52. The van der Waals surface area contributed by atoms with Gasteiger partial charge in [0.25, 0.3) is 0 Å². The van der Waals surface area contributed by atoms with Crippen LogP contribution >= 0.6 is 0 Å². The fourth-order valence-corrected chi connectivity index (χ4v) is 3.69. The molecule has 1 aliphatic rings. The van der Waals surface area contributed by atoms with Crippen LogP contribution in [0.1, 0.15) is 34.3 Å². The summed E-state index contributed by atoms with van der Waals surface area (Å²) in [4.78, 5) is 29.2. The van der Waals surface area contributed by atoms with E-state index >= 15 is 0 Å². The monoisotopic (exact) mass is 440 g/mol. The molecule has 1 aliphatic heterocycles. The summed E-state index contributed by atoms with van der Waals surface area (Å²) in [5, 5.41) is 0. The first kappa shape index (κ1) is 20.5. The Bertz CT molecular complexity index is 1390. The van der Waals surface area contributed by atoms with E-state index in [-0.39, 0.29) is 18.2 Å². The lowest BCUT2D eigenvalue weighted by Gasteiger charge is -2.09. The largest absolute Gasteiger partial charge is 0.461 e. The van der Waals surface area contributed by atoms with E-state index in [1.165, 1.54) is 6.08 Å². The van der Waals surface area contributed by atoms with E-state index in [1.807, 2.05) is 65.2 Å². The van der Waals surface area contributed by atoms with E-state index in [1.54, 1.807) is 19.1 Å². The van der Waals surface area contributed by atoms with Crippen LogP contribution in [-0.2, 0) is 20.8 Å². The molecule has 0 saturated heterocycles. The Kier molecular flexibility index (Phi) is 5.36. The molecule has 0 atom stereocenters.